The second-order valence-corrected chi connectivity index (χ2v) is 10.8. The minimum atomic E-state index is -0.638. The molecule has 0 amide bonds. The number of hydrogen-bond donors (Lipinski definition) is 0. The van der Waals surface area contributed by atoms with Gasteiger partial charge in [-0.2, -0.15) is 0 Å². The van der Waals surface area contributed by atoms with Crippen LogP contribution in [-0.4, -0.2) is 22.1 Å². The number of carbonyl (C=O) groups is 1. The van der Waals surface area contributed by atoms with E-state index in [-0.39, 0.29) is 17.9 Å². The highest BCUT2D eigenvalue weighted by Crippen LogP contribution is 2.34. The number of nitro benzene ring substituents is 1. The summed E-state index contributed by atoms with van der Waals surface area (Å²) in [6.07, 6.45) is 1.63. The minimum Gasteiger partial charge on any atom is -0.463 e. The molecule has 5 rings (SSSR count). The van der Waals surface area contributed by atoms with Crippen LogP contribution in [0.2, 0.25) is 0 Å². The second-order valence-electron chi connectivity index (χ2n) is 7.94. The maximum Gasteiger partial charge on any atom is 0.338 e. The van der Waals surface area contributed by atoms with E-state index in [4.69, 9.17) is 9.15 Å². The van der Waals surface area contributed by atoms with Gasteiger partial charge in [0.05, 0.1) is 27.3 Å². The molecule has 9 nitrogen and oxygen atoms in total. The normalized spacial score (nSPS) is 15.4. The number of nitrogens with zero attached hydrogens (tertiary/aromatic N) is 3. The lowest BCUT2D eigenvalue weighted by Crippen LogP contribution is -2.39. The predicted molar refractivity (Wildman–Crippen MR) is 143 cm³/mol. The van der Waals surface area contributed by atoms with Crippen LogP contribution in [0.25, 0.3) is 17.4 Å². The molecule has 1 aromatic carbocycles. The van der Waals surface area contributed by atoms with Crippen molar-refractivity contribution >= 4 is 56.3 Å². The molecule has 0 fully saturated rings. The van der Waals surface area contributed by atoms with E-state index in [1.165, 1.54) is 39.4 Å². The average molecular weight is 600 g/mol. The number of carbonyl (C=O) groups excluding carboxylic acids is 1. The Morgan fingerprint density at radius 3 is 2.81 bits per heavy atom. The largest absolute Gasteiger partial charge is 0.463 e. The van der Waals surface area contributed by atoms with Crippen molar-refractivity contribution in [3.8, 4) is 11.3 Å². The van der Waals surface area contributed by atoms with E-state index < -0.39 is 16.9 Å². The maximum absolute atomic E-state index is 13.6. The van der Waals surface area contributed by atoms with Crippen molar-refractivity contribution in [1.82, 2.24) is 4.57 Å². The second kappa shape index (κ2) is 10.0. The van der Waals surface area contributed by atoms with E-state index >= 15 is 0 Å². The summed E-state index contributed by atoms with van der Waals surface area (Å²) in [5, 5.41) is 12.9. The maximum atomic E-state index is 13.6. The van der Waals surface area contributed by atoms with E-state index in [9.17, 15) is 19.7 Å². The summed E-state index contributed by atoms with van der Waals surface area (Å²) in [4.78, 5) is 42.8. The molecule has 1 atom stereocenters. The molecule has 0 radical (unpaired) electrons. The van der Waals surface area contributed by atoms with Crippen molar-refractivity contribution in [3.05, 3.63) is 104 Å². The third-order valence-electron chi connectivity index (χ3n) is 5.66. The highest BCUT2D eigenvalue weighted by molar-refractivity contribution is 9.10. The molecule has 1 aliphatic heterocycles. The van der Waals surface area contributed by atoms with E-state index in [0.29, 0.717) is 42.2 Å². The van der Waals surface area contributed by atoms with Crippen LogP contribution in [-0.2, 0) is 9.53 Å². The number of furan rings is 1. The van der Waals surface area contributed by atoms with Gasteiger partial charge in [-0.3, -0.25) is 19.5 Å². The fourth-order valence-corrected chi connectivity index (χ4v) is 6.44. The number of thiazole rings is 1. The molecule has 1 aliphatic rings. The number of rotatable bonds is 6. The van der Waals surface area contributed by atoms with Gasteiger partial charge in [-0.15, -0.1) is 11.3 Å². The number of benzene rings is 1. The fourth-order valence-electron chi connectivity index (χ4n) is 4.03. The zero-order valence-electron chi connectivity index (χ0n) is 19.5. The molecule has 0 saturated heterocycles. The summed E-state index contributed by atoms with van der Waals surface area (Å²) in [6.45, 7) is 3.68. The molecule has 188 valence electrons. The van der Waals surface area contributed by atoms with Crippen LogP contribution in [0.4, 0.5) is 5.69 Å². The van der Waals surface area contributed by atoms with Gasteiger partial charge < -0.3 is 9.15 Å². The van der Waals surface area contributed by atoms with Crippen molar-refractivity contribution in [1.29, 1.82) is 0 Å². The lowest BCUT2D eigenvalue weighted by molar-refractivity contribution is -0.384. The van der Waals surface area contributed by atoms with Gasteiger partial charge in [-0.25, -0.2) is 9.79 Å². The van der Waals surface area contributed by atoms with Crippen molar-refractivity contribution in [2.24, 2.45) is 4.99 Å². The Kier molecular flexibility index (Phi) is 6.80. The number of non-ortho nitro benzene ring substituents is 1. The molecular weight excluding hydrogens is 582 g/mol. The SMILES string of the molecule is CCOC(=O)C1=C(C)N=c2s/c(=C/c3ccc(-c4ccc([N+](=O)[O-])cc4Br)o3)c(=O)n2[C@H]1c1cccs1. The number of halogens is 1. The zero-order valence-corrected chi connectivity index (χ0v) is 22.7. The zero-order chi connectivity index (χ0) is 26.3. The summed E-state index contributed by atoms with van der Waals surface area (Å²) in [5.41, 5.74) is 1.14. The van der Waals surface area contributed by atoms with Crippen LogP contribution in [0.15, 0.2) is 77.8 Å². The minimum absolute atomic E-state index is 0.0405. The molecule has 4 aromatic rings. The monoisotopic (exact) mass is 599 g/mol. The number of hydrogen-bond acceptors (Lipinski definition) is 9. The van der Waals surface area contributed by atoms with Crippen LogP contribution in [0.1, 0.15) is 30.5 Å². The quantitative estimate of drug-likeness (QED) is 0.179. The van der Waals surface area contributed by atoms with Crippen molar-refractivity contribution in [2.45, 2.75) is 19.9 Å². The molecule has 0 aliphatic carbocycles. The van der Waals surface area contributed by atoms with Gasteiger partial charge in [0.15, 0.2) is 4.80 Å². The first kappa shape index (κ1) is 25.1. The predicted octanol–water partition coefficient (Wildman–Crippen LogP) is 4.79. The van der Waals surface area contributed by atoms with E-state index in [2.05, 4.69) is 20.9 Å². The third-order valence-corrected chi connectivity index (χ3v) is 8.22. The molecule has 0 bridgehead atoms. The molecule has 0 saturated carbocycles. The van der Waals surface area contributed by atoms with Crippen LogP contribution in [0, 0.1) is 10.1 Å². The molecule has 12 heteroatoms. The van der Waals surface area contributed by atoms with Crippen molar-refractivity contribution < 1.29 is 18.9 Å². The molecule has 37 heavy (non-hydrogen) atoms. The Morgan fingerprint density at radius 1 is 1.32 bits per heavy atom. The number of fused-ring (bicyclic) bond motifs is 1. The van der Waals surface area contributed by atoms with E-state index in [1.807, 2.05) is 17.5 Å². The summed E-state index contributed by atoms with van der Waals surface area (Å²) < 4.78 is 13.7. The Balaban J connectivity index is 1.59. The van der Waals surface area contributed by atoms with Crippen LogP contribution >= 0.6 is 38.6 Å². The summed E-state index contributed by atoms with van der Waals surface area (Å²) in [5.74, 6) is 0.415. The van der Waals surface area contributed by atoms with Gasteiger partial charge in [0.2, 0.25) is 0 Å². The molecule has 0 unspecified atom stereocenters. The Morgan fingerprint density at radius 2 is 2.14 bits per heavy atom. The highest BCUT2D eigenvalue weighted by Gasteiger charge is 2.33. The molecule has 4 heterocycles. The number of esters is 1. The third kappa shape index (κ3) is 4.63. The Hall–Kier alpha value is -3.61. The van der Waals surface area contributed by atoms with E-state index in [1.54, 1.807) is 38.1 Å². The first-order chi connectivity index (χ1) is 17.8. The smallest absolute Gasteiger partial charge is 0.338 e. The summed E-state index contributed by atoms with van der Waals surface area (Å²) in [7, 11) is 0. The molecule has 3 aromatic heterocycles. The Bertz CT molecular complexity index is 1750. The summed E-state index contributed by atoms with van der Waals surface area (Å²) in [6, 6.07) is 11.0. The number of nitro groups is 1. The highest BCUT2D eigenvalue weighted by atomic mass is 79.9. The van der Waals surface area contributed by atoms with Gasteiger partial charge in [0, 0.05) is 33.1 Å². The number of ether oxygens (including phenoxy) is 1. The fraction of sp³-hybridized carbons (Fsp3) is 0.160. The van der Waals surface area contributed by atoms with Gasteiger partial charge in [-0.1, -0.05) is 17.4 Å². The van der Waals surface area contributed by atoms with Crippen molar-refractivity contribution in [3.63, 3.8) is 0 Å². The van der Waals surface area contributed by atoms with Gasteiger partial charge >= 0.3 is 5.97 Å². The van der Waals surface area contributed by atoms with Gasteiger partial charge in [0.1, 0.15) is 17.6 Å². The first-order valence-corrected chi connectivity index (χ1v) is 13.5. The standard InChI is InChI=1S/C25H18BrN3O6S2/c1-3-34-24(31)21-13(2)27-25-28(22(21)19-5-4-10-36-19)23(30)20(37-25)12-15-7-9-18(35-15)16-8-6-14(29(32)33)11-17(16)26/h4-12,22H,3H2,1-2H3/b20-12+/t22-/m0/s1. The molecule has 0 spiro atoms. The lowest BCUT2D eigenvalue weighted by atomic mass is 10.0. The number of thiophene rings is 1. The van der Waals surface area contributed by atoms with Crippen LogP contribution in [0.5, 0.6) is 0 Å². The topological polar surface area (TPSA) is 117 Å². The first-order valence-electron chi connectivity index (χ1n) is 11.1. The number of aromatic nitrogens is 1. The molecule has 0 N–H and O–H groups in total. The van der Waals surface area contributed by atoms with Gasteiger partial charge in [0.25, 0.3) is 11.2 Å². The summed E-state index contributed by atoms with van der Waals surface area (Å²) >= 11 is 6.01. The van der Waals surface area contributed by atoms with Crippen LogP contribution < -0.4 is 14.9 Å². The van der Waals surface area contributed by atoms with Crippen molar-refractivity contribution in [2.75, 3.05) is 6.61 Å². The molecular formula is C25H18BrN3O6S2. The average Bonchev–Trinajstić information content (AvgIpc) is 3.60. The lowest BCUT2D eigenvalue weighted by Gasteiger charge is -2.23. The Labute approximate surface area is 225 Å². The van der Waals surface area contributed by atoms with Crippen LogP contribution in [0.3, 0.4) is 0 Å². The number of allylic oxidation sites excluding steroid dienone is 1. The van der Waals surface area contributed by atoms with Gasteiger partial charge in [-0.05, 0) is 59.4 Å². The van der Waals surface area contributed by atoms with E-state index in [0.717, 1.165) is 4.88 Å².